The number of hydrogen-bond acceptors (Lipinski definition) is 6. The highest BCUT2D eigenvalue weighted by molar-refractivity contribution is 7.88. The van der Waals surface area contributed by atoms with Gasteiger partial charge in [0.05, 0.1) is 5.39 Å². The number of nitrogens with zero attached hydrogens (tertiary/aromatic N) is 2. The molecule has 3 aromatic rings. The summed E-state index contributed by atoms with van der Waals surface area (Å²) in [6.07, 6.45) is -0.720. The number of rotatable bonds is 6. The fourth-order valence-corrected chi connectivity index (χ4v) is 4.28. The van der Waals surface area contributed by atoms with Crippen molar-refractivity contribution in [1.29, 1.82) is 0 Å². The topological polar surface area (TPSA) is 94.9 Å². The van der Waals surface area contributed by atoms with Gasteiger partial charge in [-0.05, 0) is 55.8 Å². The van der Waals surface area contributed by atoms with Crippen molar-refractivity contribution in [3.63, 3.8) is 0 Å². The fourth-order valence-electron chi connectivity index (χ4n) is 3.83. The van der Waals surface area contributed by atoms with Crippen molar-refractivity contribution in [2.24, 2.45) is 5.92 Å². The number of alkyl halides is 3. The smallest absolute Gasteiger partial charge is 0.443 e. The predicted octanol–water partition coefficient (Wildman–Crippen LogP) is 5.92. The molecule has 0 N–H and O–H groups in total. The highest BCUT2D eigenvalue weighted by Gasteiger charge is 2.48. The molecule has 1 heterocycles. The van der Waals surface area contributed by atoms with E-state index in [1.54, 1.807) is 51.1 Å². The highest BCUT2D eigenvalue weighted by Crippen LogP contribution is 2.38. The second-order valence-corrected chi connectivity index (χ2v) is 11.6. The van der Waals surface area contributed by atoms with Gasteiger partial charge in [0.15, 0.2) is 0 Å². The van der Waals surface area contributed by atoms with E-state index in [1.807, 2.05) is 13.8 Å². The van der Waals surface area contributed by atoms with Crippen LogP contribution in [0, 0.1) is 5.92 Å². The van der Waals surface area contributed by atoms with E-state index < -0.39 is 38.6 Å². The van der Waals surface area contributed by atoms with Crippen molar-refractivity contribution in [3.8, 4) is 16.9 Å². The van der Waals surface area contributed by atoms with E-state index in [-0.39, 0.29) is 29.1 Å². The third kappa shape index (κ3) is 6.12. The van der Waals surface area contributed by atoms with Crippen molar-refractivity contribution < 1.29 is 35.3 Å². The number of aromatic nitrogens is 1. The van der Waals surface area contributed by atoms with E-state index in [0.717, 1.165) is 12.1 Å². The number of anilines is 1. The average molecular weight is 555 g/mol. The van der Waals surface area contributed by atoms with E-state index in [9.17, 15) is 31.2 Å². The molecule has 0 aliphatic rings. The van der Waals surface area contributed by atoms with Crippen LogP contribution in [-0.2, 0) is 21.4 Å². The van der Waals surface area contributed by atoms with Crippen molar-refractivity contribution in [1.82, 2.24) is 4.57 Å². The lowest BCUT2D eigenvalue weighted by Crippen LogP contribution is -2.38. The van der Waals surface area contributed by atoms with Crippen LogP contribution < -0.4 is 14.6 Å². The summed E-state index contributed by atoms with van der Waals surface area (Å²) in [7, 11) is -4.49. The minimum Gasteiger partial charge on any atom is -0.443 e. The molecule has 1 aromatic heterocycles. The highest BCUT2D eigenvalue weighted by atomic mass is 32.2. The summed E-state index contributed by atoms with van der Waals surface area (Å²) >= 11 is 0. The molecule has 0 saturated heterocycles. The van der Waals surface area contributed by atoms with Gasteiger partial charge in [0.1, 0.15) is 17.2 Å². The zero-order valence-corrected chi connectivity index (χ0v) is 22.6. The minimum atomic E-state index is -5.95. The molecule has 0 atom stereocenters. The van der Waals surface area contributed by atoms with E-state index >= 15 is 0 Å². The van der Waals surface area contributed by atoms with Crippen LogP contribution in [0.25, 0.3) is 21.9 Å². The normalized spacial score (nSPS) is 12.6. The number of amides is 1. The monoisotopic (exact) mass is 554 g/mol. The van der Waals surface area contributed by atoms with Gasteiger partial charge in [0.2, 0.25) is 0 Å². The second kappa shape index (κ2) is 10.3. The number of carbonyl (C=O) groups is 1. The summed E-state index contributed by atoms with van der Waals surface area (Å²) < 4.78 is 73.1. The van der Waals surface area contributed by atoms with E-state index in [4.69, 9.17) is 4.74 Å². The zero-order valence-electron chi connectivity index (χ0n) is 21.8. The zero-order chi connectivity index (χ0) is 28.6. The Bertz CT molecular complexity index is 1510. The Morgan fingerprint density at radius 1 is 1.03 bits per heavy atom. The molecule has 2 aromatic carbocycles. The molecule has 12 heteroatoms. The second-order valence-electron chi connectivity index (χ2n) is 10.1. The molecule has 0 radical (unpaired) electrons. The van der Waals surface area contributed by atoms with Crippen molar-refractivity contribution in [2.75, 3.05) is 11.9 Å². The summed E-state index contributed by atoms with van der Waals surface area (Å²) in [5.41, 5.74) is -6.08. The summed E-state index contributed by atoms with van der Waals surface area (Å²) in [5.74, 6) is -0.534. The van der Waals surface area contributed by atoms with Crippen LogP contribution in [0.4, 0.5) is 23.8 Å². The van der Waals surface area contributed by atoms with Crippen LogP contribution in [0.15, 0.2) is 53.3 Å². The first-order chi connectivity index (χ1) is 17.4. The van der Waals surface area contributed by atoms with Crippen molar-refractivity contribution in [3.05, 3.63) is 58.9 Å². The van der Waals surface area contributed by atoms with E-state index in [1.165, 1.54) is 22.6 Å². The van der Waals surface area contributed by atoms with Gasteiger partial charge in [-0.1, -0.05) is 44.2 Å². The van der Waals surface area contributed by atoms with Gasteiger partial charge in [-0.25, -0.2) is 4.79 Å². The number of fused-ring (bicyclic) bond motifs is 1. The molecule has 8 nitrogen and oxygen atoms in total. The maximum atomic E-state index is 13.8. The minimum absolute atomic E-state index is 0.0791. The number of benzene rings is 2. The molecule has 1 amide bonds. The van der Waals surface area contributed by atoms with Crippen LogP contribution in [0.5, 0.6) is 5.75 Å². The fraction of sp³-hybridized carbons (Fsp3) is 0.385. The Morgan fingerprint density at radius 2 is 1.63 bits per heavy atom. The van der Waals surface area contributed by atoms with Crippen LogP contribution in [0.1, 0.15) is 34.6 Å². The third-order valence-electron chi connectivity index (χ3n) is 5.30. The van der Waals surface area contributed by atoms with Gasteiger partial charge in [-0.3, -0.25) is 14.3 Å². The first-order valence-corrected chi connectivity index (χ1v) is 13.1. The molecular formula is C26H29F3N2O6S. The number of pyridine rings is 1. The Hall–Kier alpha value is -3.54. The number of hydrogen-bond donors (Lipinski definition) is 0. The first kappa shape index (κ1) is 29.0. The molecule has 206 valence electrons. The van der Waals surface area contributed by atoms with Gasteiger partial charge < -0.3 is 8.92 Å². The molecular weight excluding hydrogens is 525 g/mol. The summed E-state index contributed by atoms with van der Waals surface area (Å²) in [4.78, 5) is 28.1. The molecule has 0 spiro atoms. The molecule has 38 heavy (non-hydrogen) atoms. The van der Waals surface area contributed by atoms with Gasteiger partial charge in [-0.15, -0.1) is 0 Å². The summed E-state index contributed by atoms with van der Waals surface area (Å²) in [6.45, 7) is 8.96. The number of carbonyl (C=O) groups excluding carboxylic acids is 1. The van der Waals surface area contributed by atoms with Gasteiger partial charge in [0, 0.05) is 19.2 Å². The Labute approximate surface area is 218 Å². The lowest BCUT2D eigenvalue weighted by molar-refractivity contribution is -0.0500. The molecule has 3 rings (SSSR count). The molecule has 0 fully saturated rings. The van der Waals surface area contributed by atoms with E-state index in [2.05, 4.69) is 4.18 Å². The number of halogens is 3. The predicted molar refractivity (Wildman–Crippen MR) is 139 cm³/mol. The molecule has 0 unspecified atom stereocenters. The Balaban J connectivity index is 2.41. The van der Waals surface area contributed by atoms with Crippen LogP contribution >= 0.6 is 0 Å². The maximum absolute atomic E-state index is 13.8. The van der Waals surface area contributed by atoms with Crippen molar-refractivity contribution >= 4 is 32.8 Å². The maximum Gasteiger partial charge on any atom is 0.534 e. The lowest BCUT2D eigenvalue weighted by Gasteiger charge is -2.29. The van der Waals surface area contributed by atoms with Crippen LogP contribution in [0.2, 0.25) is 0 Å². The molecule has 0 aliphatic heterocycles. The average Bonchev–Trinajstić information content (AvgIpc) is 2.78. The van der Waals surface area contributed by atoms with Gasteiger partial charge in [0.25, 0.3) is 5.56 Å². The molecule has 0 saturated carbocycles. The molecule has 0 aliphatic carbocycles. The largest absolute Gasteiger partial charge is 0.534 e. The van der Waals surface area contributed by atoms with Crippen molar-refractivity contribution in [2.45, 2.75) is 52.3 Å². The Kier molecular flexibility index (Phi) is 7.88. The van der Waals surface area contributed by atoms with Gasteiger partial charge in [-0.2, -0.15) is 21.6 Å². The lowest BCUT2D eigenvalue weighted by atomic mass is 9.98. The standard InChI is InChI=1S/C26H29F3N2O6S/c1-16(2)15-31-22(30(6)24(33)36-25(3,4)5)21(17-10-8-7-9-11-17)19-13-12-18(14-20(19)23(31)32)37-38(34,35)26(27,28)29/h7-14,16H,15H2,1-6H3. The van der Waals surface area contributed by atoms with Crippen LogP contribution in [-0.4, -0.2) is 37.2 Å². The van der Waals surface area contributed by atoms with Gasteiger partial charge >= 0.3 is 21.7 Å². The summed E-state index contributed by atoms with van der Waals surface area (Å²) in [5, 5.41) is 0.198. The first-order valence-electron chi connectivity index (χ1n) is 11.7. The summed E-state index contributed by atoms with van der Waals surface area (Å²) in [6, 6.07) is 12.1. The quantitative estimate of drug-likeness (QED) is 0.277. The van der Waals surface area contributed by atoms with Crippen LogP contribution in [0.3, 0.4) is 0 Å². The van der Waals surface area contributed by atoms with E-state index in [0.29, 0.717) is 11.1 Å². The Morgan fingerprint density at radius 3 is 2.16 bits per heavy atom. The SMILES string of the molecule is CC(C)Cn1c(N(C)C(=O)OC(C)(C)C)c(-c2ccccc2)c2ccc(OS(=O)(=O)C(F)(F)F)cc2c1=O. The number of ether oxygens (including phenoxy) is 1. The third-order valence-corrected chi connectivity index (χ3v) is 6.28. The molecule has 0 bridgehead atoms.